The molecule has 0 bridgehead atoms. The number of rotatable bonds is 5. The molecule has 0 fully saturated rings. The number of furan rings is 1. The Morgan fingerprint density at radius 3 is 1.64 bits per heavy atom. The monoisotopic (exact) mass is 601 g/mol. The van der Waals surface area contributed by atoms with Crippen molar-refractivity contribution in [3.05, 3.63) is 164 Å². The fraction of sp³-hybridized carbons (Fsp3) is 0. The third kappa shape index (κ3) is 4.93. The third-order valence-electron chi connectivity index (χ3n) is 8.71. The van der Waals surface area contributed by atoms with Crippen LogP contribution < -0.4 is 0 Å². The van der Waals surface area contributed by atoms with Gasteiger partial charge in [0.2, 0.25) is 0 Å². The summed E-state index contributed by atoms with van der Waals surface area (Å²) in [7, 11) is 0. The second kappa shape index (κ2) is 11.2. The molecule has 0 saturated heterocycles. The van der Waals surface area contributed by atoms with Crippen LogP contribution in [0, 0.1) is 0 Å². The van der Waals surface area contributed by atoms with E-state index in [1.54, 1.807) is 0 Å². The summed E-state index contributed by atoms with van der Waals surface area (Å²) < 4.78 is 6.38. The van der Waals surface area contributed by atoms with Crippen LogP contribution in [0.2, 0.25) is 0 Å². The molecule has 0 radical (unpaired) electrons. The van der Waals surface area contributed by atoms with Crippen molar-refractivity contribution in [3.8, 4) is 56.4 Å². The van der Waals surface area contributed by atoms with Crippen LogP contribution in [0.5, 0.6) is 0 Å². The topological polar surface area (TPSA) is 51.8 Å². The summed E-state index contributed by atoms with van der Waals surface area (Å²) in [6.07, 6.45) is 0. The molecule has 2 heterocycles. The van der Waals surface area contributed by atoms with Crippen molar-refractivity contribution in [1.82, 2.24) is 15.0 Å². The van der Waals surface area contributed by atoms with E-state index in [0.717, 1.165) is 66.3 Å². The van der Waals surface area contributed by atoms with Crippen LogP contribution in [-0.2, 0) is 0 Å². The van der Waals surface area contributed by atoms with Gasteiger partial charge in [0.25, 0.3) is 0 Å². The molecular formula is C43H27N3O. The summed E-state index contributed by atoms with van der Waals surface area (Å²) in [5.74, 6) is 1.92. The number of fused-ring (bicyclic) bond motifs is 4. The fourth-order valence-electron chi connectivity index (χ4n) is 6.36. The second-order valence-corrected chi connectivity index (χ2v) is 11.7. The zero-order valence-electron chi connectivity index (χ0n) is 25.3. The molecule has 2 aromatic heterocycles. The first kappa shape index (κ1) is 27.0. The number of benzene rings is 7. The van der Waals surface area contributed by atoms with Crippen LogP contribution >= 0.6 is 0 Å². The summed E-state index contributed by atoms with van der Waals surface area (Å²) in [6, 6.07) is 56.4. The van der Waals surface area contributed by atoms with Crippen LogP contribution in [0.3, 0.4) is 0 Å². The van der Waals surface area contributed by atoms with E-state index < -0.39 is 0 Å². The molecule has 0 N–H and O–H groups in total. The van der Waals surface area contributed by atoms with E-state index in [4.69, 9.17) is 19.4 Å². The minimum Gasteiger partial charge on any atom is -0.456 e. The number of hydrogen-bond donors (Lipinski definition) is 0. The molecule has 9 aromatic rings. The first-order chi connectivity index (χ1) is 23.3. The predicted molar refractivity (Wildman–Crippen MR) is 192 cm³/mol. The maximum absolute atomic E-state index is 6.38. The highest BCUT2D eigenvalue weighted by Gasteiger charge is 2.16. The Kier molecular flexibility index (Phi) is 6.43. The average Bonchev–Trinajstić information content (AvgIpc) is 3.53. The van der Waals surface area contributed by atoms with Crippen LogP contribution in [0.25, 0.3) is 89.1 Å². The summed E-state index contributed by atoms with van der Waals surface area (Å²) >= 11 is 0. The Bertz CT molecular complexity index is 2550. The highest BCUT2D eigenvalue weighted by atomic mass is 16.3. The fourth-order valence-corrected chi connectivity index (χ4v) is 6.36. The van der Waals surface area contributed by atoms with E-state index >= 15 is 0 Å². The highest BCUT2D eigenvalue weighted by Crippen LogP contribution is 2.40. The van der Waals surface area contributed by atoms with Gasteiger partial charge in [0.15, 0.2) is 17.5 Å². The van der Waals surface area contributed by atoms with E-state index in [1.165, 1.54) is 5.39 Å². The van der Waals surface area contributed by atoms with Gasteiger partial charge in [-0.1, -0.05) is 140 Å². The molecule has 4 nitrogen and oxygen atoms in total. The normalized spacial score (nSPS) is 11.4. The van der Waals surface area contributed by atoms with Gasteiger partial charge in [-0.05, 0) is 57.3 Å². The van der Waals surface area contributed by atoms with E-state index in [0.29, 0.717) is 17.5 Å². The van der Waals surface area contributed by atoms with E-state index in [2.05, 4.69) is 115 Å². The van der Waals surface area contributed by atoms with Crippen molar-refractivity contribution >= 4 is 32.7 Å². The van der Waals surface area contributed by atoms with Crippen molar-refractivity contribution in [1.29, 1.82) is 0 Å². The van der Waals surface area contributed by atoms with Crippen LogP contribution in [0.1, 0.15) is 0 Å². The number of para-hydroxylation sites is 1. The van der Waals surface area contributed by atoms with Crippen LogP contribution in [0.4, 0.5) is 0 Å². The minimum absolute atomic E-state index is 0.631. The Labute approximate surface area is 271 Å². The molecule has 0 aliphatic carbocycles. The molecule has 0 spiro atoms. The van der Waals surface area contributed by atoms with Crippen molar-refractivity contribution < 1.29 is 4.42 Å². The summed E-state index contributed by atoms with van der Waals surface area (Å²) in [5, 5.41) is 4.58. The summed E-state index contributed by atoms with van der Waals surface area (Å²) in [5.41, 5.74) is 9.05. The van der Waals surface area contributed by atoms with E-state index in [1.807, 2.05) is 48.5 Å². The number of aromatic nitrogens is 3. The standard InChI is InChI=1S/C43H27N3O/c1-3-12-30(13-4-1)37-26-35(27-39-40(37)36-17-9-10-18-38(36)47-39)29-19-22-32(23-20-29)42-44-41(31-14-5-2-6-15-31)45-43(46-42)34-24-21-28-11-7-8-16-33(28)25-34/h1-27H. The molecule has 0 aliphatic heterocycles. The number of nitrogens with zero attached hydrogens (tertiary/aromatic N) is 3. The molecule has 7 aromatic carbocycles. The van der Waals surface area contributed by atoms with Gasteiger partial charge in [0, 0.05) is 27.5 Å². The Morgan fingerprint density at radius 1 is 0.340 bits per heavy atom. The maximum atomic E-state index is 6.38. The molecule has 0 aliphatic rings. The smallest absolute Gasteiger partial charge is 0.164 e. The molecule has 47 heavy (non-hydrogen) atoms. The lowest BCUT2D eigenvalue weighted by Gasteiger charge is -2.11. The van der Waals surface area contributed by atoms with E-state index in [-0.39, 0.29) is 0 Å². The number of hydrogen-bond acceptors (Lipinski definition) is 4. The molecule has 9 rings (SSSR count). The first-order valence-electron chi connectivity index (χ1n) is 15.7. The van der Waals surface area contributed by atoms with Gasteiger partial charge in [-0.2, -0.15) is 0 Å². The van der Waals surface area contributed by atoms with Gasteiger partial charge < -0.3 is 4.42 Å². The van der Waals surface area contributed by atoms with Crippen molar-refractivity contribution in [3.63, 3.8) is 0 Å². The van der Waals surface area contributed by atoms with Crippen LogP contribution in [-0.4, -0.2) is 15.0 Å². The summed E-state index contributed by atoms with van der Waals surface area (Å²) in [6.45, 7) is 0. The van der Waals surface area contributed by atoms with Crippen molar-refractivity contribution in [2.24, 2.45) is 0 Å². The maximum Gasteiger partial charge on any atom is 0.164 e. The molecule has 4 heteroatoms. The largest absolute Gasteiger partial charge is 0.456 e. The Morgan fingerprint density at radius 2 is 0.894 bits per heavy atom. The third-order valence-corrected chi connectivity index (χ3v) is 8.71. The van der Waals surface area contributed by atoms with Crippen molar-refractivity contribution in [2.45, 2.75) is 0 Å². The zero-order valence-corrected chi connectivity index (χ0v) is 25.3. The summed E-state index contributed by atoms with van der Waals surface area (Å²) in [4.78, 5) is 14.9. The van der Waals surface area contributed by atoms with Gasteiger partial charge in [0.05, 0.1) is 0 Å². The minimum atomic E-state index is 0.631. The van der Waals surface area contributed by atoms with Gasteiger partial charge in [-0.15, -0.1) is 0 Å². The van der Waals surface area contributed by atoms with Gasteiger partial charge >= 0.3 is 0 Å². The first-order valence-corrected chi connectivity index (χ1v) is 15.7. The lowest BCUT2D eigenvalue weighted by Crippen LogP contribution is -2.00. The quantitative estimate of drug-likeness (QED) is 0.197. The van der Waals surface area contributed by atoms with E-state index in [9.17, 15) is 0 Å². The predicted octanol–water partition coefficient (Wildman–Crippen LogP) is 11.3. The Balaban J connectivity index is 1.16. The second-order valence-electron chi connectivity index (χ2n) is 11.7. The highest BCUT2D eigenvalue weighted by molar-refractivity contribution is 6.13. The lowest BCUT2D eigenvalue weighted by atomic mass is 9.94. The molecule has 0 atom stereocenters. The molecule has 0 saturated carbocycles. The van der Waals surface area contributed by atoms with Crippen LogP contribution in [0.15, 0.2) is 168 Å². The molecule has 0 amide bonds. The SMILES string of the molecule is c1ccc(-c2nc(-c3ccc(-c4cc(-c5ccccc5)c5c(c4)oc4ccccc45)cc3)nc(-c3ccc4ccccc4c3)n2)cc1. The van der Waals surface area contributed by atoms with Gasteiger partial charge in [-0.25, -0.2) is 15.0 Å². The lowest BCUT2D eigenvalue weighted by molar-refractivity contribution is 0.669. The van der Waals surface area contributed by atoms with Gasteiger partial charge in [-0.3, -0.25) is 0 Å². The average molecular weight is 602 g/mol. The van der Waals surface area contributed by atoms with Gasteiger partial charge in [0.1, 0.15) is 11.2 Å². The molecular weight excluding hydrogens is 574 g/mol. The van der Waals surface area contributed by atoms with Crippen molar-refractivity contribution in [2.75, 3.05) is 0 Å². The Hall–Kier alpha value is -6.39. The zero-order chi connectivity index (χ0) is 31.2. The molecule has 220 valence electrons. The molecule has 0 unspecified atom stereocenters.